The molecular weight excluding hydrogens is 353 g/mol. The van der Waals surface area contributed by atoms with Gasteiger partial charge < -0.3 is 17.7 Å². The van der Waals surface area contributed by atoms with Crippen LogP contribution < -0.4 is 17.7 Å². The number of hydrogen-bond acceptors (Lipinski definition) is 3. The van der Waals surface area contributed by atoms with Gasteiger partial charge in [0.1, 0.15) is 5.82 Å². The molecule has 0 bridgehead atoms. The SMILES string of the molecule is CCCNc1nc(-c2ccc(Cl)cc2Cl)nc2ccccc12.[Cl-]. The number of hydrogen-bond donors (Lipinski definition) is 1. The molecule has 0 saturated carbocycles. The van der Waals surface area contributed by atoms with Crippen molar-refractivity contribution in [3.8, 4) is 11.4 Å². The molecule has 3 rings (SSSR count). The number of para-hydroxylation sites is 1. The average molecular weight is 368 g/mol. The summed E-state index contributed by atoms with van der Waals surface area (Å²) >= 11 is 12.2. The maximum Gasteiger partial charge on any atom is 0.163 e. The summed E-state index contributed by atoms with van der Waals surface area (Å²) in [7, 11) is 0. The molecule has 0 saturated heterocycles. The lowest BCUT2D eigenvalue weighted by Crippen LogP contribution is -3.00. The Morgan fingerprint density at radius 1 is 1.04 bits per heavy atom. The van der Waals surface area contributed by atoms with Crippen molar-refractivity contribution in [1.29, 1.82) is 0 Å². The lowest BCUT2D eigenvalue weighted by atomic mass is 10.2. The molecule has 0 amide bonds. The summed E-state index contributed by atoms with van der Waals surface area (Å²) in [5.41, 5.74) is 1.66. The lowest BCUT2D eigenvalue weighted by molar-refractivity contribution is -0.00000435. The molecule has 0 radical (unpaired) electrons. The number of aromatic nitrogens is 2. The van der Waals surface area contributed by atoms with Crippen LogP contribution in [0.25, 0.3) is 22.3 Å². The Bertz CT molecular complexity index is 821. The summed E-state index contributed by atoms with van der Waals surface area (Å²) in [5.74, 6) is 1.42. The summed E-state index contributed by atoms with van der Waals surface area (Å²) in [4.78, 5) is 9.28. The predicted molar refractivity (Wildman–Crippen MR) is 93.8 cm³/mol. The van der Waals surface area contributed by atoms with Crippen molar-refractivity contribution in [2.45, 2.75) is 13.3 Å². The minimum atomic E-state index is 0. The Hall–Kier alpha value is -1.55. The van der Waals surface area contributed by atoms with Gasteiger partial charge in [-0.3, -0.25) is 0 Å². The topological polar surface area (TPSA) is 37.8 Å². The minimum absolute atomic E-state index is 0. The first-order valence-corrected chi connectivity index (χ1v) is 7.90. The number of rotatable bonds is 4. The average Bonchev–Trinajstić information content (AvgIpc) is 2.52. The largest absolute Gasteiger partial charge is 1.00 e. The van der Waals surface area contributed by atoms with Crippen molar-refractivity contribution in [3.63, 3.8) is 0 Å². The molecule has 0 atom stereocenters. The molecule has 0 aliphatic heterocycles. The van der Waals surface area contributed by atoms with Gasteiger partial charge in [-0.15, -0.1) is 0 Å². The molecule has 0 unspecified atom stereocenters. The van der Waals surface area contributed by atoms with Gasteiger partial charge in [-0.05, 0) is 36.8 Å². The minimum Gasteiger partial charge on any atom is -1.00 e. The van der Waals surface area contributed by atoms with Crippen molar-refractivity contribution in [1.82, 2.24) is 9.97 Å². The summed E-state index contributed by atoms with van der Waals surface area (Å²) in [6, 6.07) is 13.3. The second-order valence-electron chi connectivity index (χ2n) is 4.96. The van der Waals surface area contributed by atoms with Crippen LogP contribution in [-0.4, -0.2) is 16.5 Å². The number of halogens is 3. The van der Waals surface area contributed by atoms with Gasteiger partial charge in [0, 0.05) is 22.5 Å². The van der Waals surface area contributed by atoms with Crippen molar-refractivity contribution in [2.24, 2.45) is 0 Å². The second kappa shape index (κ2) is 7.82. The number of anilines is 1. The van der Waals surface area contributed by atoms with E-state index in [1.54, 1.807) is 12.1 Å². The van der Waals surface area contributed by atoms with Gasteiger partial charge in [0.05, 0.1) is 10.5 Å². The third-order valence-corrected chi connectivity index (χ3v) is 3.87. The molecule has 120 valence electrons. The highest BCUT2D eigenvalue weighted by Gasteiger charge is 2.11. The molecule has 0 fully saturated rings. The van der Waals surface area contributed by atoms with E-state index < -0.39 is 0 Å². The van der Waals surface area contributed by atoms with E-state index in [-0.39, 0.29) is 12.4 Å². The number of fused-ring (bicyclic) bond motifs is 1. The van der Waals surface area contributed by atoms with Crippen LogP contribution >= 0.6 is 23.2 Å². The first-order valence-electron chi connectivity index (χ1n) is 7.15. The summed E-state index contributed by atoms with van der Waals surface area (Å²) in [5, 5.41) is 5.50. The van der Waals surface area contributed by atoms with E-state index in [0.29, 0.717) is 15.9 Å². The maximum absolute atomic E-state index is 6.29. The Morgan fingerprint density at radius 3 is 2.57 bits per heavy atom. The molecule has 1 N–H and O–H groups in total. The molecule has 1 heterocycles. The van der Waals surface area contributed by atoms with E-state index in [1.807, 2.05) is 30.3 Å². The molecule has 2 aromatic carbocycles. The van der Waals surface area contributed by atoms with Crippen molar-refractivity contribution in [2.75, 3.05) is 11.9 Å². The highest BCUT2D eigenvalue weighted by atomic mass is 35.5. The number of nitrogens with zero attached hydrogens (tertiary/aromatic N) is 2. The monoisotopic (exact) mass is 366 g/mol. The first kappa shape index (κ1) is 17.8. The fourth-order valence-electron chi connectivity index (χ4n) is 2.25. The standard InChI is InChI=1S/C17H15Cl2N3.ClH/c1-2-9-20-16-13-5-3-4-6-15(13)21-17(22-16)12-8-7-11(18)10-14(12)19;/h3-8,10H,2,9H2,1H3,(H,20,21,22);1H/p-1. The van der Waals surface area contributed by atoms with Gasteiger partial charge in [-0.2, -0.15) is 0 Å². The van der Waals surface area contributed by atoms with Crippen LogP contribution in [0.3, 0.4) is 0 Å². The van der Waals surface area contributed by atoms with Gasteiger partial charge in [0.15, 0.2) is 5.82 Å². The van der Waals surface area contributed by atoms with Crippen molar-refractivity contribution < 1.29 is 12.4 Å². The molecule has 3 nitrogen and oxygen atoms in total. The van der Waals surface area contributed by atoms with Gasteiger partial charge in [-0.25, -0.2) is 9.97 Å². The van der Waals surface area contributed by atoms with Gasteiger partial charge in [0.25, 0.3) is 0 Å². The quantitative estimate of drug-likeness (QED) is 0.769. The van der Waals surface area contributed by atoms with Crippen LogP contribution in [0.2, 0.25) is 10.0 Å². The Kier molecular flexibility index (Phi) is 6.05. The number of nitrogens with one attached hydrogen (secondary N) is 1. The first-order chi connectivity index (χ1) is 10.7. The van der Waals surface area contributed by atoms with Crippen LogP contribution in [0, 0.1) is 0 Å². The van der Waals surface area contributed by atoms with Crippen LogP contribution in [0.5, 0.6) is 0 Å². The van der Waals surface area contributed by atoms with Crippen LogP contribution in [-0.2, 0) is 0 Å². The molecule has 0 aliphatic carbocycles. The second-order valence-corrected chi connectivity index (χ2v) is 5.81. The van der Waals surface area contributed by atoms with E-state index in [1.165, 1.54) is 0 Å². The molecular formula is C17H15Cl3N3-. The van der Waals surface area contributed by atoms with Gasteiger partial charge in [-0.1, -0.05) is 42.3 Å². The molecule has 6 heteroatoms. The smallest absolute Gasteiger partial charge is 0.163 e. The molecule has 0 aliphatic rings. The zero-order valence-electron chi connectivity index (χ0n) is 12.5. The predicted octanol–water partition coefficient (Wildman–Crippen LogP) is 2.43. The Balaban J connectivity index is 0.00000192. The molecule has 0 spiro atoms. The Morgan fingerprint density at radius 2 is 1.83 bits per heavy atom. The van der Waals surface area contributed by atoms with E-state index in [4.69, 9.17) is 23.2 Å². The summed E-state index contributed by atoms with van der Waals surface area (Å²) in [6.07, 6.45) is 1.02. The Labute approximate surface area is 151 Å². The zero-order chi connectivity index (χ0) is 15.5. The third-order valence-electron chi connectivity index (χ3n) is 3.32. The summed E-state index contributed by atoms with van der Waals surface area (Å²) < 4.78 is 0. The van der Waals surface area contributed by atoms with Crippen molar-refractivity contribution >= 4 is 39.9 Å². The van der Waals surface area contributed by atoms with Crippen LogP contribution in [0.4, 0.5) is 5.82 Å². The van der Waals surface area contributed by atoms with Gasteiger partial charge >= 0.3 is 0 Å². The van der Waals surface area contributed by atoms with Crippen LogP contribution in [0.1, 0.15) is 13.3 Å². The van der Waals surface area contributed by atoms with E-state index >= 15 is 0 Å². The van der Waals surface area contributed by atoms with Crippen LogP contribution in [0.15, 0.2) is 42.5 Å². The lowest BCUT2D eigenvalue weighted by Gasteiger charge is -2.11. The van der Waals surface area contributed by atoms with Gasteiger partial charge in [0.2, 0.25) is 0 Å². The zero-order valence-corrected chi connectivity index (χ0v) is 14.8. The number of benzene rings is 2. The van der Waals surface area contributed by atoms with Crippen molar-refractivity contribution in [3.05, 3.63) is 52.5 Å². The summed E-state index contributed by atoms with van der Waals surface area (Å²) in [6.45, 7) is 2.97. The highest BCUT2D eigenvalue weighted by Crippen LogP contribution is 2.31. The normalized spacial score (nSPS) is 10.4. The molecule has 23 heavy (non-hydrogen) atoms. The molecule has 3 aromatic rings. The van der Waals surface area contributed by atoms with E-state index in [9.17, 15) is 0 Å². The molecule has 1 aromatic heterocycles. The fraction of sp³-hybridized carbons (Fsp3) is 0.176. The van der Waals surface area contributed by atoms with E-state index in [2.05, 4.69) is 22.2 Å². The highest BCUT2D eigenvalue weighted by molar-refractivity contribution is 6.36. The fourth-order valence-corrected chi connectivity index (χ4v) is 2.74. The van der Waals surface area contributed by atoms with E-state index in [0.717, 1.165) is 35.2 Å². The maximum atomic E-state index is 6.29. The third kappa shape index (κ3) is 3.86.